The Morgan fingerprint density at radius 3 is 1.11 bits per heavy atom. The van der Waals surface area contributed by atoms with Gasteiger partial charge in [0, 0.05) is 33.8 Å². The molecular weight excluding hydrogens is 609 g/mol. The Bertz CT molecular complexity index is 1590. The molecule has 2 aromatic heterocycles. The van der Waals surface area contributed by atoms with Crippen molar-refractivity contribution in [3.63, 3.8) is 0 Å². The standard InChI is InChI=1S/C33H24F4N4OS2/c34-23-9-1-19(2-10-23)28-29(20-3-11-24(35)12-4-20)39-32(38-28)43-17-27(42)18-44-33-40-30(21-5-13-25(36)14-6-21)31(41-33)22-7-15-26(37)16-8-22/h1-16,27,42H,17-18H2,(H,38,39)(H,40,41). The second-order valence-electron chi connectivity index (χ2n) is 9.83. The fourth-order valence-electron chi connectivity index (χ4n) is 4.52. The van der Waals surface area contributed by atoms with Gasteiger partial charge in [-0.05, 0) is 97.1 Å². The Kier molecular flexibility index (Phi) is 8.87. The van der Waals surface area contributed by atoms with E-state index in [9.17, 15) is 22.7 Å². The van der Waals surface area contributed by atoms with Gasteiger partial charge < -0.3 is 15.1 Å². The molecule has 5 nitrogen and oxygen atoms in total. The number of aromatic amines is 2. The zero-order valence-corrected chi connectivity index (χ0v) is 24.5. The van der Waals surface area contributed by atoms with Crippen LogP contribution in [0.1, 0.15) is 0 Å². The van der Waals surface area contributed by atoms with Crippen LogP contribution in [0, 0.1) is 23.3 Å². The summed E-state index contributed by atoms with van der Waals surface area (Å²) >= 11 is 2.64. The number of imidazole rings is 2. The van der Waals surface area contributed by atoms with Gasteiger partial charge in [-0.2, -0.15) is 0 Å². The molecular formula is C33H24F4N4OS2. The van der Waals surface area contributed by atoms with E-state index in [0.29, 0.717) is 66.8 Å². The van der Waals surface area contributed by atoms with E-state index in [2.05, 4.69) is 9.97 Å². The van der Waals surface area contributed by atoms with Gasteiger partial charge in [-0.1, -0.05) is 23.5 Å². The molecule has 0 bridgehead atoms. The van der Waals surface area contributed by atoms with Gasteiger partial charge in [-0.3, -0.25) is 0 Å². The first-order valence-corrected chi connectivity index (χ1v) is 15.5. The molecule has 11 heteroatoms. The molecule has 0 atom stereocenters. The molecule has 2 heterocycles. The number of benzene rings is 4. The van der Waals surface area contributed by atoms with Crippen molar-refractivity contribution in [2.75, 3.05) is 11.5 Å². The zero-order valence-electron chi connectivity index (χ0n) is 22.9. The summed E-state index contributed by atoms with van der Waals surface area (Å²) in [4.78, 5) is 15.9. The SMILES string of the molecule is OC(CSc1nc(-c2ccc(F)cc2)c(-c2ccc(F)cc2)[nH]1)CSc1nc(-c2ccc(F)cc2)c(-c2ccc(F)cc2)[nH]1. The van der Waals surface area contributed by atoms with E-state index < -0.39 is 6.10 Å². The number of H-pyrrole nitrogens is 2. The number of nitrogens with one attached hydrogen (secondary N) is 2. The van der Waals surface area contributed by atoms with Crippen LogP contribution in [0.2, 0.25) is 0 Å². The number of hydrogen-bond donors (Lipinski definition) is 3. The first-order valence-electron chi connectivity index (χ1n) is 13.5. The Morgan fingerprint density at radius 1 is 0.500 bits per heavy atom. The normalized spacial score (nSPS) is 11.4. The minimum atomic E-state index is -0.743. The molecule has 0 aliphatic carbocycles. The van der Waals surface area contributed by atoms with Crippen molar-refractivity contribution in [1.82, 2.24) is 19.9 Å². The van der Waals surface area contributed by atoms with Crippen LogP contribution in [0.15, 0.2) is 107 Å². The van der Waals surface area contributed by atoms with Crippen molar-refractivity contribution in [1.29, 1.82) is 0 Å². The molecule has 0 aliphatic heterocycles. The third-order valence-corrected chi connectivity index (χ3v) is 8.73. The molecule has 0 unspecified atom stereocenters. The topological polar surface area (TPSA) is 77.6 Å². The van der Waals surface area contributed by atoms with E-state index >= 15 is 0 Å². The second-order valence-corrected chi connectivity index (χ2v) is 11.9. The summed E-state index contributed by atoms with van der Waals surface area (Å²) in [6.07, 6.45) is -0.743. The maximum atomic E-state index is 13.6. The van der Waals surface area contributed by atoms with Crippen LogP contribution < -0.4 is 0 Å². The fraction of sp³-hybridized carbons (Fsp3) is 0.0909. The van der Waals surface area contributed by atoms with Crippen LogP contribution in [0.25, 0.3) is 45.0 Å². The van der Waals surface area contributed by atoms with Gasteiger partial charge in [0.2, 0.25) is 0 Å². The first kappa shape index (κ1) is 29.7. The number of thioether (sulfide) groups is 2. The van der Waals surface area contributed by atoms with Crippen LogP contribution in [-0.4, -0.2) is 42.7 Å². The van der Waals surface area contributed by atoms with E-state index in [0.717, 1.165) is 0 Å². The van der Waals surface area contributed by atoms with Gasteiger partial charge in [-0.25, -0.2) is 27.5 Å². The van der Waals surface area contributed by atoms with Crippen LogP contribution in [0.4, 0.5) is 17.6 Å². The molecule has 0 radical (unpaired) electrons. The molecule has 0 fully saturated rings. The predicted octanol–water partition coefficient (Wildman–Crippen LogP) is 8.60. The van der Waals surface area contributed by atoms with Gasteiger partial charge in [-0.15, -0.1) is 0 Å². The highest BCUT2D eigenvalue weighted by molar-refractivity contribution is 8.00. The summed E-state index contributed by atoms with van der Waals surface area (Å²) in [5.74, 6) is -0.843. The summed E-state index contributed by atoms with van der Waals surface area (Å²) < 4.78 is 54.3. The number of nitrogens with zero attached hydrogens (tertiary/aromatic N) is 2. The van der Waals surface area contributed by atoms with Crippen molar-refractivity contribution in [2.24, 2.45) is 0 Å². The quantitative estimate of drug-likeness (QED) is 0.104. The van der Waals surface area contributed by atoms with Crippen molar-refractivity contribution >= 4 is 23.5 Å². The Balaban J connectivity index is 1.17. The van der Waals surface area contributed by atoms with Gasteiger partial charge in [0.05, 0.1) is 28.9 Å². The summed E-state index contributed by atoms with van der Waals surface area (Å²) in [6.45, 7) is 0. The lowest BCUT2D eigenvalue weighted by Crippen LogP contribution is -2.13. The molecule has 0 aliphatic rings. The number of rotatable bonds is 10. The van der Waals surface area contributed by atoms with Crippen LogP contribution in [0.3, 0.4) is 0 Å². The molecule has 6 rings (SSSR count). The highest BCUT2D eigenvalue weighted by Gasteiger charge is 2.18. The predicted molar refractivity (Wildman–Crippen MR) is 166 cm³/mol. The number of aliphatic hydroxyl groups excluding tert-OH is 1. The minimum Gasteiger partial charge on any atom is -0.391 e. The molecule has 0 amide bonds. The van der Waals surface area contributed by atoms with Gasteiger partial charge >= 0.3 is 0 Å². The zero-order chi connectivity index (χ0) is 30.6. The molecule has 222 valence electrons. The highest BCUT2D eigenvalue weighted by Crippen LogP contribution is 2.35. The maximum absolute atomic E-state index is 13.6. The summed E-state index contributed by atoms with van der Waals surface area (Å²) in [7, 11) is 0. The van der Waals surface area contributed by atoms with E-state index in [1.807, 2.05) is 0 Å². The van der Waals surface area contributed by atoms with Gasteiger partial charge in [0.25, 0.3) is 0 Å². The first-order chi connectivity index (χ1) is 21.3. The smallest absolute Gasteiger partial charge is 0.166 e. The van der Waals surface area contributed by atoms with Crippen LogP contribution in [0.5, 0.6) is 0 Å². The van der Waals surface area contributed by atoms with Gasteiger partial charge in [0.15, 0.2) is 10.3 Å². The largest absolute Gasteiger partial charge is 0.391 e. The number of halogens is 4. The Morgan fingerprint density at radius 2 is 0.795 bits per heavy atom. The third kappa shape index (κ3) is 6.91. The van der Waals surface area contributed by atoms with Crippen molar-refractivity contribution < 1.29 is 22.7 Å². The van der Waals surface area contributed by atoms with Crippen molar-refractivity contribution in [3.05, 3.63) is 120 Å². The molecule has 0 saturated carbocycles. The average Bonchev–Trinajstić information content (AvgIpc) is 3.66. The third-order valence-electron chi connectivity index (χ3n) is 6.69. The summed E-state index contributed by atoms with van der Waals surface area (Å²) in [6, 6.07) is 23.9. The highest BCUT2D eigenvalue weighted by atomic mass is 32.2. The summed E-state index contributed by atoms with van der Waals surface area (Å²) in [5, 5.41) is 11.9. The number of aromatic nitrogens is 4. The number of aliphatic hydroxyl groups is 1. The molecule has 44 heavy (non-hydrogen) atoms. The van der Waals surface area contributed by atoms with Crippen molar-refractivity contribution in [3.8, 4) is 45.0 Å². The van der Waals surface area contributed by atoms with Crippen molar-refractivity contribution in [2.45, 2.75) is 16.4 Å². The molecule has 0 saturated heterocycles. The Labute approximate surface area is 258 Å². The van der Waals surface area contributed by atoms with E-state index in [1.165, 1.54) is 72.1 Å². The number of hydrogen-bond acceptors (Lipinski definition) is 5. The lowest BCUT2D eigenvalue weighted by Gasteiger charge is -2.07. The molecule has 6 aromatic rings. The van der Waals surface area contributed by atoms with Gasteiger partial charge in [0.1, 0.15) is 23.3 Å². The second kappa shape index (κ2) is 13.1. The lowest BCUT2D eigenvalue weighted by atomic mass is 10.1. The minimum absolute atomic E-state index is 0.308. The van der Waals surface area contributed by atoms with E-state index in [4.69, 9.17) is 9.97 Å². The fourth-order valence-corrected chi connectivity index (χ4v) is 6.27. The Hall–Kier alpha value is -4.32. The summed E-state index contributed by atoms with van der Waals surface area (Å²) in [5.41, 5.74) is 5.29. The van der Waals surface area contributed by atoms with E-state index in [-0.39, 0.29) is 23.3 Å². The average molecular weight is 633 g/mol. The van der Waals surface area contributed by atoms with Crippen LogP contribution >= 0.6 is 23.5 Å². The molecule has 3 N–H and O–H groups in total. The lowest BCUT2D eigenvalue weighted by molar-refractivity contribution is 0.225. The maximum Gasteiger partial charge on any atom is 0.166 e. The van der Waals surface area contributed by atoms with E-state index in [1.54, 1.807) is 48.5 Å². The molecule has 0 spiro atoms. The molecule has 4 aromatic carbocycles. The van der Waals surface area contributed by atoms with Crippen LogP contribution in [-0.2, 0) is 0 Å². The monoisotopic (exact) mass is 632 g/mol.